The molecular formula is C13H22O3. The summed E-state index contributed by atoms with van der Waals surface area (Å²) in [6, 6.07) is 0. The summed E-state index contributed by atoms with van der Waals surface area (Å²) in [5, 5.41) is 10.8. The Morgan fingerprint density at radius 2 is 2.31 bits per heavy atom. The van der Waals surface area contributed by atoms with Gasteiger partial charge in [-0.05, 0) is 19.3 Å². The molecule has 1 saturated heterocycles. The average Bonchev–Trinajstić information content (AvgIpc) is 2.57. The molecule has 2 fully saturated rings. The molecule has 0 aromatic heterocycles. The molecule has 92 valence electrons. The van der Waals surface area contributed by atoms with E-state index in [4.69, 9.17) is 9.47 Å². The highest BCUT2D eigenvalue weighted by Crippen LogP contribution is 2.55. The molecule has 3 nitrogen and oxygen atoms in total. The van der Waals surface area contributed by atoms with Crippen LogP contribution in [0.2, 0.25) is 0 Å². The van der Waals surface area contributed by atoms with Crippen molar-refractivity contribution in [2.75, 3.05) is 13.2 Å². The number of fused-ring (bicyclic) bond motifs is 1. The largest absolute Gasteiger partial charge is 0.389 e. The molecule has 0 aromatic rings. The second-order valence-electron chi connectivity index (χ2n) is 5.38. The van der Waals surface area contributed by atoms with Gasteiger partial charge in [0.05, 0.1) is 18.8 Å². The second-order valence-corrected chi connectivity index (χ2v) is 5.38. The van der Waals surface area contributed by atoms with E-state index in [1.54, 1.807) is 6.08 Å². The van der Waals surface area contributed by atoms with E-state index in [0.29, 0.717) is 13.2 Å². The maximum atomic E-state index is 10.8. The Hall–Kier alpha value is -0.380. The lowest BCUT2D eigenvalue weighted by atomic mass is 9.67. The first-order valence-electron chi connectivity index (χ1n) is 6.11. The van der Waals surface area contributed by atoms with Crippen molar-refractivity contribution in [3.05, 3.63) is 12.7 Å². The van der Waals surface area contributed by atoms with Gasteiger partial charge in [0.15, 0.2) is 6.29 Å². The minimum atomic E-state index is -0.628. The zero-order chi connectivity index (χ0) is 11.8. The van der Waals surface area contributed by atoms with Crippen LogP contribution in [-0.4, -0.2) is 30.2 Å². The van der Waals surface area contributed by atoms with Gasteiger partial charge >= 0.3 is 0 Å². The van der Waals surface area contributed by atoms with E-state index in [1.807, 2.05) is 0 Å². The normalized spacial score (nSPS) is 47.7. The third-order valence-corrected chi connectivity index (χ3v) is 4.44. The van der Waals surface area contributed by atoms with Crippen LogP contribution in [0.25, 0.3) is 0 Å². The van der Waals surface area contributed by atoms with Crippen molar-refractivity contribution in [3.8, 4) is 0 Å². The van der Waals surface area contributed by atoms with Crippen molar-refractivity contribution in [1.82, 2.24) is 0 Å². The van der Waals surface area contributed by atoms with E-state index in [-0.39, 0.29) is 17.6 Å². The average molecular weight is 226 g/mol. The molecule has 1 N–H and O–H groups in total. The summed E-state index contributed by atoms with van der Waals surface area (Å²) in [5.74, 6) is 0.184. The van der Waals surface area contributed by atoms with Crippen LogP contribution >= 0.6 is 0 Å². The fourth-order valence-electron chi connectivity index (χ4n) is 3.30. The van der Waals surface area contributed by atoms with E-state index < -0.39 is 5.60 Å². The van der Waals surface area contributed by atoms with Gasteiger partial charge in [0, 0.05) is 11.3 Å². The van der Waals surface area contributed by atoms with Gasteiger partial charge in [-0.1, -0.05) is 19.9 Å². The standard InChI is InChI=1S/C13H22O3/c1-4-8-15-11-12(3)6-5-7-13(12,14)10(2)9-16-11/h4,10-11,14H,1,5-9H2,2-3H3/t10-,11+,12+,13+/m1/s1. The fourth-order valence-corrected chi connectivity index (χ4v) is 3.30. The Balaban J connectivity index is 2.20. The molecule has 0 spiro atoms. The van der Waals surface area contributed by atoms with Crippen molar-refractivity contribution in [2.24, 2.45) is 11.3 Å². The molecule has 3 heteroatoms. The first-order valence-corrected chi connectivity index (χ1v) is 6.11. The smallest absolute Gasteiger partial charge is 0.166 e. The molecule has 0 aromatic carbocycles. The molecule has 4 atom stereocenters. The highest BCUT2D eigenvalue weighted by atomic mass is 16.7. The molecule has 2 rings (SSSR count). The van der Waals surface area contributed by atoms with Crippen LogP contribution in [0.15, 0.2) is 12.7 Å². The molecular weight excluding hydrogens is 204 g/mol. The summed E-state index contributed by atoms with van der Waals surface area (Å²) >= 11 is 0. The van der Waals surface area contributed by atoms with Gasteiger partial charge in [-0.25, -0.2) is 0 Å². The fraction of sp³-hybridized carbons (Fsp3) is 0.846. The minimum Gasteiger partial charge on any atom is -0.389 e. The maximum Gasteiger partial charge on any atom is 0.166 e. The molecule has 1 aliphatic heterocycles. The summed E-state index contributed by atoms with van der Waals surface area (Å²) in [4.78, 5) is 0. The predicted octanol–water partition coefficient (Wildman–Crippen LogP) is 2.10. The Kier molecular flexibility index (Phi) is 3.12. The van der Waals surface area contributed by atoms with E-state index in [2.05, 4.69) is 20.4 Å². The van der Waals surface area contributed by atoms with Crippen LogP contribution in [0.3, 0.4) is 0 Å². The Morgan fingerprint density at radius 3 is 3.00 bits per heavy atom. The lowest BCUT2D eigenvalue weighted by molar-refractivity contribution is -0.296. The first kappa shape index (κ1) is 12.1. The van der Waals surface area contributed by atoms with Gasteiger partial charge in [-0.2, -0.15) is 0 Å². The van der Waals surface area contributed by atoms with Gasteiger partial charge in [0.2, 0.25) is 0 Å². The quantitative estimate of drug-likeness (QED) is 0.749. The van der Waals surface area contributed by atoms with Crippen molar-refractivity contribution in [2.45, 2.75) is 45.0 Å². The highest BCUT2D eigenvalue weighted by molar-refractivity contribution is 5.08. The van der Waals surface area contributed by atoms with Gasteiger partial charge in [-0.15, -0.1) is 6.58 Å². The summed E-state index contributed by atoms with van der Waals surface area (Å²) < 4.78 is 11.4. The van der Waals surface area contributed by atoms with Crippen molar-refractivity contribution >= 4 is 0 Å². The van der Waals surface area contributed by atoms with E-state index in [0.717, 1.165) is 19.3 Å². The Labute approximate surface area is 97.4 Å². The molecule has 1 saturated carbocycles. The SMILES string of the molecule is C=CCO[C@H]1OC[C@@H](C)[C@@]2(O)CCC[C@@]12C. The summed E-state index contributed by atoms with van der Waals surface area (Å²) in [5.41, 5.74) is -0.898. The van der Waals surface area contributed by atoms with Crippen molar-refractivity contribution in [1.29, 1.82) is 0 Å². The lowest BCUT2D eigenvalue weighted by Crippen LogP contribution is -2.60. The van der Waals surface area contributed by atoms with Crippen LogP contribution in [0.4, 0.5) is 0 Å². The zero-order valence-electron chi connectivity index (χ0n) is 10.2. The van der Waals surface area contributed by atoms with Crippen LogP contribution in [0.1, 0.15) is 33.1 Å². The van der Waals surface area contributed by atoms with Crippen LogP contribution < -0.4 is 0 Å². The summed E-state index contributed by atoms with van der Waals surface area (Å²) in [6.45, 7) is 8.85. The Bertz CT molecular complexity index is 278. The molecule has 16 heavy (non-hydrogen) atoms. The third-order valence-electron chi connectivity index (χ3n) is 4.44. The minimum absolute atomic E-state index is 0.184. The van der Waals surface area contributed by atoms with Gasteiger partial charge in [0.25, 0.3) is 0 Å². The monoisotopic (exact) mass is 226 g/mol. The zero-order valence-corrected chi connectivity index (χ0v) is 10.2. The van der Waals surface area contributed by atoms with Crippen molar-refractivity contribution in [3.63, 3.8) is 0 Å². The van der Waals surface area contributed by atoms with Gasteiger partial charge in [0.1, 0.15) is 0 Å². The number of aliphatic hydroxyl groups is 1. The summed E-state index contributed by atoms with van der Waals surface area (Å²) in [6.07, 6.45) is 4.31. The van der Waals surface area contributed by atoms with E-state index in [9.17, 15) is 5.11 Å². The lowest BCUT2D eigenvalue weighted by Gasteiger charge is -2.51. The van der Waals surface area contributed by atoms with Gasteiger partial charge in [-0.3, -0.25) is 0 Å². The van der Waals surface area contributed by atoms with Crippen LogP contribution in [0.5, 0.6) is 0 Å². The van der Waals surface area contributed by atoms with E-state index >= 15 is 0 Å². The molecule has 1 aliphatic carbocycles. The number of hydrogen-bond donors (Lipinski definition) is 1. The Morgan fingerprint density at radius 1 is 1.56 bits per heavy atom. The first-order chi connectivity index (χ1) is 7.54. The van der Waals surface area contributed by atoms with Crippen LogP contribution in [-0.2, 0) is 9.47 Å². The molecule has 2 aliphatic rings. The number of rotatable bonds is 3. The topological polar surface area (TPSA) is 38.7 Å². The number of ether oxygens (including phenoxy) is 2. The van der Waals surface area contributed by atoms with Crippen molar-refractivity contribution < 1.29 is 14.6 Å². The van der Waals surface area contributed by atoms with Crippen LogP contribution in [0, 0.1) is 11.3 Å². The molecule has 0 amide bonds. The third kappa shape index (κ3) is 1.53. The predicted molar refractivity (Wildman–Crippen MR) is 62.0 cm³/mol. The maximum absolute atomic E-state index is 10.8. The molecule has 1 heterocycles. The van der Waals surface area contributed by atoms with E-state index in [1.165, 1.54) is 0 Å². The molecule has 0 bridgehead atoms. The summed E-state index contributed by atoms with van der Waals surface area (Å²) in [7, 11) is 0. The highest BCUT2D eigenvalue weighted by Gasteiger charge is 2.61. The molecule has 0 radical (unpaired) electrons. The second kappa shape index (κ2) is 4.13. The number of hydrogen-bond acceptors (Lipinski definition) is 3. The molecule has 0 unspecified atom stereocenters. The van der Waals surface area contributed by atoms with Gasteiger partial charge < -0.3 is 14.6 Å².